The molecule has 24 heavy (non-hydrogen) atoms. The SMILES string of the molecule is COc1ccc(C(=O)NNC(=O)c2ccc(N)c([N+](=O)[O-])c2)cc1. The van der Waals surface area contributed by atoms with Crippen LogP contribution in [0.4, 0.5) is 11.4 Å². The van der Waals surface area contributed by atoms with Crippen LogP contribution in [0, 0.1) is 10.1 Å². The minimum atomic E-state index is -0.708. The minimum absolute atomic E-state index is 0.00840. The van der Waals surface area contributed by atoms with E-state index < -0.39 is 16.7 Å². The van der Waals surface area contributed by atoms with E-state index in [2.05, 4.69) is 10.9 Å². The Labute approximate surface area is 136 Å². The highest BCUT2D eigenvalue weighted by Crippen LogP contribution is 2.22. The lowest BCUT2D eigenvalue weighted by molar-refractivity contribution is -0.383. The largest absolute Gasteiger partial charge is 0.497 e. The van der Waals surface area contributed by atoms with Gasteiger partial charge < -0.3 is 10.5 Å². The maximum absolute atomic E-state index is 12.0. The van der Waals surface area contributed by atoms with E-state index in [0.717, 1.165) is 6.07 Å². The number of hydrogen-bond acceptors (Lipinski definition) is 6. The maximum Gasteiger partial charge on any atom is 0.292 e. The van der Waals surface area contributed by atoms with Crippen molar-refractivity contribution in [3.63, 3.8) is 0 Å². The Morgan fingerprint density at radius 1 is 1.04 bits per heavy atom. The van der Waals surface area contributed by atoms with Crippen molar-refractivity contribution >= 4 is 23.2 Å². The number of nitrogen functional groups attached to an aromatic ring is 1. The van der Waals surface area contributed by atoms with Gasteiger partial charge in [0.2, 0.25) is 0 Å². The van der Waals surface area contributed by atoms with Gasteiger partial charge in [-0.1, -0.05) is 0 Å². The molecule has 124 valence electrons. The van der Waals surface area contributed by atoms with Crippen LogP contribution in [0.15, 0.2) is 42.5 Å². The number of nitro benzene ring substituents is 1. The summed E-state index contributed by atoms with van der Waals surface area (Å²) in [5.41, 5.74) is 9.71. The van der Waals surface area contributed by atoms with Gasteiger partial charge in [0.25, 0.3) is 17.5 Å². The lowest BCUT2D eigenvalue weighted by Crippen LogP contribution is -2.41. The van der Waals surface area contributed by atoms with Gasteiger partial charge in [-0.05, 0) is 36.4 Å². The Bertz CT molecular complexity index is 789. The minimum Gasteiger partial charge on any atom is -0.497 e. The molecule has 0 saturated carbocycles. The summed E-state index contributed by atoms with van der Waals surface area (Å²) in [6, 6.07) is 9.84. The molecule has 2 rings (SSSR count). The molecular weight excluding hydrogens is 316 g/mol. The number of carbonyl (C=O) groups excluding carboxylic acids is 2. The number of rotatable bonds is 4. The summed E-state index contributed by atoms with van der Waals surface area (Å²) in [5.74, 6) is -0.666. The van der Waals surface area contributed by atoms with E-state index in [-0.39, 0.29) is 16.9 Å². The lowest BCUT2D eigenvalue weighted by atomic mass is 10.1. The van der Waals surface area contributed by atoms with Crippen LogP contribution in [-0.4, -0.2) is 23.8 Å². The molecule has 0 radical (unpaired) electrons. The quantitative estimate of drug-likeness (QED) is 0.438. The first-order chi connectivity index (χ1) is 11.4. The standard InChI is InChI=1S/C15H14N4O5/c1-24-11-5-2-9(3-6-11)14(20)17-18-15(21)10-4-7-12(16)13(8-10)19(22)23/h2-8H,16H2,1H3,(H,17,20)(H,18,21). The summed E-state index contributed by atoms with van der Waals surface area (Å²) in [4.78, 5) is 34.0. The van der Waals surface area contributed by atoms with Crippen LogP contribution in [0.5, 0.6) is 5.75 Å². The number of anilines is 1. The van der Waals surface area contributed by atoms with Crippen molar-refractivity contribution in [2.75, 3.05) is 12.8 Å². The predicted molar refractivity (Wildman–Crippen MR) is 85.4 cm³/mol. The summed E-state index contributed by atoms with van der Waals surface area (Å²) < 4.78 is 4.98. The molecule has 0 spiro atoms. The van der Waals surface area contributed by atoms with Crippen LogP contribution in [0.3, 0.4) is 0 Å². The van der Waals surface area contributed by atoms with Crippen molar-refractivity contribution in [2.24, 2.45) is 0 Å². The van der Waals surface area contributed by atoms with Crippen molar-refractivity contribution in [3.05, 3.63) is 63.7 Å². The van der Waals surface area contributed by atoms with Gasteiger partial charge in [0.1, 0.15) is 11.4 Å². The monoisotopic (exact) mass is 330 g/mol. The van der Waals surface area contributed by atoms with Crippen molar-refractivity contribution in [1.29, 1.82) is 0 Å². The van der Waals surface area contributed by atoms with Crippen molar-refractivity contribution in [3.8, 4) is 5.75 Å². The molecule has 9 nitrogen and oxygen atoms in total. The zero-order valence-corrected chi connectivity index (χ0v) is 12.6. The van der Waals surface area contributed by atoms with Crippen LogP contribution < -0.4 is 21.3 Å². The Morgan fingerprint density at radius 3 is 2.12 bits per heavy atom. The highest BCUT2D eigenvalue weighted by atomic mass is 16.6. The van der Waals surface area contributed by atoms with Crippen molar-refractivity contribution < 1.29 is 19.2 Å². The second kappa shape index (κ2) is 7.09. The van der Waals surface area contributed by atoms with E-state index in [0.29, 0.717) is 11.3 Å². The molecule has 0 aliphatic rings. The number of hydrazine groups is 1. The molecule has 0 unspecified atom stereocenters. The molecule has 0 aliphatic heterocycles. The molecule has 2 aromatic carbocycles. The smallest absolute Gasteiger partial charge is 0.292 e. The van der Waals surface area contributed by atoms with Crippen LogP contribution in [-0.2, 0) is 0 Å². The first-order valence-electron chi connectivity index (χ1n) is 6.71. The second-order valence-corrected chi connectivity index (χ2v) is 4.67. The Morgan fingerprint density at radius 2 is 1.58 bits per heavy atom. The second-order valence-electron chi connectivity index (χ2n) is 4.67. The zero-order chi connectivity index (χ0) is 17.7. The summed E-state index contributed by atoms with van der Waals surface area (Å²) in [5, 5.41) is 10.8. The van der Waals surface area contributed by atoms with E-state index in [4.69, 9.17) is 10.5 Å². The number of hydrogen-bond donors (Lipinski definition) is 3. The van der Waals surface area contributed by atoms with Gasteiger partial charge >= 0.3 is 0 Å². The number of benzene rings is 2. The molecule has 9 heteroatoms. The first-order valence-corrected chi connectivity index (χ1v) is 6.71. The maximum atomic E-state index is 12.0. The molecule has 0 aliphatic carbocycles. The number of nitrogens with two attached hydrogens (primary N) is 1. The number of methoxy groups -OCH3 is 1. The van der Waals surface area contributed by atoms with E-state index in [1.165, 1.54) is 31.4 Å². The predicted octanol–water partition coefficient (Wildman–Crippen LogP) is 1.26. The molecule has 2 amide bonds. The third-order valence-electron chi connectivity index (χ3n) is 3.13. The highest BCUT2D eigenvalue weighted by Gasteiger charge is 2.16. The number of carbonyl (C=O) groups is 2. The van der Waals surface area contributed by atoms with Crippen LogP contribution in [0.25, 0.3) is 0 Å². The molecule has 0 fully saturated rings. The van der Waals surface area contributed by atoms with E-state index in [1.807, 2.05) is 0 Å². The van der Waals surface area contributed by atoms with Gasteiger partial charge in [-0.2, -0.15) is 0 Å². The zero-order valence-electron chi connectivity index (χ0n) is 12.6. The van der Waals surface area contributed by atoms with Crippen molar-refractivity contribution in [1.82, 2.24) is 10.9 Å². The number of nitro groups is 1. The van der Waals surface area contributed by atoms with Crippen molar-refractivity contribution in [2.45, 2.75) is 0 Å². The molecular formula is C15H14N4O5. The van der Waals surface area contributed by atoms with Crippen LogP contribution >= 0.6 is 0 Å². The summed E-state index contributed by atoms with van der Waals surface area (Å²) >= 11 is 0. The van der Waals surface area contributed by atoms with Gasteiger partial charge in [-0.25, -0.2) is 0 Å². The average molecular weight is 330 g/mol. The lowest BCUT2D eigenvalue weighted by Gasteiger charge is -2.08. The fraction of sp³-hybridized carbons (Fsp3) is 0.0667. The first kappa shape index (κ1) is 16.7. The topological polar surface area (TPSA) is 137 Å². The highest BCUT2D eigenvalue weighted by molar-refractivity contribution is 5.99. The molecule has 4 N–H and O–H groups in total. The van der Waals surface area contributed by atoms with E-state index in [1.54, 1.807) is 12.1 Å². The van der Waals surface area contributed by atoms with Gasteiger partial charge in [0.15, 0.2) is 0 Å². The van der Waals surface area contributed by atoms with Gasteiger partial charge in [-0.15, -0.1) is 0 Å². The molecule has 0 aromatic heterocycles. The fourth-order valence-electron chi connectivity index (χ4n) is 1.84. The molecule has 0 atom stereocenters. The Hall–Kier alpha value is -3.62. The Balaban J connectivity index is 2.03. The molecule has 2 aromatic rings. The molecule has 0 heterocycles. The Kier molecular flexibility index (Phi) is 4.95. The molecule has 0 saturated heterocycles. The van der Waals surface area contributed by atoms with Gasteiger partial charge in [0, 0.05) is 17.2 Å². The molecule has 0 bridgehead atoms. The van der Waals surface area contributed by atoms with E-state index in [9.17, 15) is 19.7 Å². The summed E-state index contributed by atoms with van der Waals surface area (Å²) in [7, 11) is 1.50. The average Bonchev–Trinajstić information content (AvgIpc) is 2.59. The number of ether oxygens (including phenoxy) is 1. The van der Waals surface area contributed by atoms with Gasteiger partial charge in [0.05, 0.1) is 12.0 Å². The summed E-state index contributed by atoms with van der Waals surface area (Å²) in [6.07, 6.45) is 0. The third-order valence-corrected chi connectivity index (χ3v) is 3.13. The van der Waals surface area contributed by atoms with Crippen LogP contribution in [0.2, 0.25) is 0 Å². The fourth-order valence-corrected chi connectivity index (χ4v) is 1.84. The van der Waals surface area contributed by atoms with Gasteiger partial charge in [-0.3, -0.25) is 30.6 Å². The number of nitrogens with zero attached hydrogens (tertiary/aromatic N) is 1. The van der Waals surface area contributed by atoms with E-state index >= 15 is 0 Å². The normalized spacial score (nSPS) is 9.88. The summed E-state index contributed by atoms with van der Waals surface area (Å²) in [6.45, 7) is 0. The van der Waals surface area contributed by atoms with Crippen LogP contribution in [0.1, 0.15) is 20.7 Å². The number of nitrogens with one attached hydrogen (secondary N) is 2. The number of amides is 2. The third kappa shape index (κ3) is 3.77.